The molecule has 5 heteroatoms. The first-order chi connectivity index (χ1) is 14.2. The van der Waals surface area contributed by atoms with Crippen molar-refractivity contribution in [2.75, 3.05) is 0 Å². The standard InChI is InChI=1S/C25H34O5/c1-15(26)29-16-8-12-24(3)19-10-11-23(2)18(17(19)9-13-25(24,28)14-16)4-5-20(23)21-6-7-22(27)30-21/h6-7,16,19-21,28H,4-5,8-14H2,1-3H3. The highest BCUT2D eigenvalue weighted by atomic mass is 16.5. The first-order valence-corrected chi connectivity index (χ1v) is 11.7. The second kappa shape index (κ2) is 6.69. The molecule has 30 heavy (non-hydrogen) atoms. The Hall–Kier alpha value is -1.62. The van der Waals surface area contributed by atoms with Gasteiger partial charge in [0.15, 0.2) is 0 Å². The molecular weight excluding hydrogens is 380 g/mol. The number of hydrogen-bond donors (Lipinski definition) is 1. The molecule has 1 aliphatic heterocycles. The first kappa shape index (κ1) is 20.3. The van der Waals surface area contributed by atoms with Crippen LogP contribution in [-0.2, 0) is 19.1 Å². The van der Waals surface area contributed by atoms with E-state index in [4.69, 9.17) is 9.47 Å². The summed E-state index contributed by atoms with van der Waals surface area (Å²) in [7, 11) is 0. The number of aliphatic hydroxyl groups is 1. The predicted octanol–water partition coefficient (Wildman–Crippen LogP) is 4.24. The van der Waals surface area contributed by atoms with Crippen LogP contribution >= 0.6 is 0 Å². The number of hydrogen-bond acceptors (Lipinski definition) is 5. The van der Waals surface area contributed by atoms with Crippen molar-refractivity contribution in [3.63, 3.8) is 0 Å². The minimum absolute atomic E-state index is 0.0895. The lowest BCUT2D eigenvalue weighted by Gasteiger charge is -2.60. The zero-order valence-corrected chi connectivity index (χ0v) is 18.4. The Morgan fingerprint density at radius 2 is 1.97 bits per heavy atom. The second-order valence-corrected chi connectivity index (χ2v) is 10.8. The van der Waals surface area contributed by atoms with Crippen LogP contribution in [0.1, 0.15) is 78.6 Å². The maximum Gasteiger partial charge on any atom is 0.331 e. The first-order valence-electron chi connectivity index (χ1n) is 11.7. The monoisotopic (exact) mass is 414 g/mol. The van der Waals surface area contributed by atoms with Gasteiger partial charge in [-0.1, -0.05) is 25.0 Å². The summed E-state index contributed by atoms with van der Waals surface area (Å²) in [5.41, 5.74) is 2.33. The molecule has 0 spiro atoms. The van der Waals surface area contributed by atoms with E-state index in [-0.39, 0.29) is 35.0 Å². The molecule has 164 valence electrons. The fourth-order valence-electron chi connectivity index (χ4n) is 7.95. The lowest BCUT2D eigenvalue weighted by Crippen LogP contribution is -2.60. The van der Waals surface area contributed by atoms with Crippen LogP contribution in [-0.4, -0.2) is 34.9 Å². The van der Waals surface area contributed by atoms with Gasteiger partial charge in [-0.2, -0.15) is 0 Å². The molecule has 5 rings (SSSR count). The summed E-state index contributed by atoms with van der Waals surface area (Å²) in [5, 5.41) is 11.8. The third kappa shape index (κ3) is 2.77. The maximum atomic E-state index is 11.8. The van der Waals surface area contributed by atoms with Crippen LogP contribution < -0.4 is 0 Å². The fourth-order valence-corrected chi connectivity index (χ4v) is 7.95. The molecule has 0 amide bonds. The summed E-state index contributed by atoms with van der Waals surface area (Å²) in [6, 6.07) is 0. The topological polar surface area (TPSA) is 72.8 Å². The number of rotatable bonds is 2. The average Bonchev–Trinajstić information content (AvgIpc) is 3.24. The summed E-state index contributed by atoms with van der Waals surface area (Å²) < 4.78 is 11.1. The van der Waals surface area contributed by atoms with E-state index < -0.39 is 5.60 Å². The van der Waals surface area contributed by atoms with Crippen LogP contribution in [0.4, 0.5) is 0 Å². The Morgan fingerprint density at radius 1 is 1.17 bits per heavy atom. The lowest BCUT2D eigenvalue weighted by atomic mass is 9.47. The number of ether oxygens (including phenoxy) is 2. The zero-order valence-electron chi connectivity index (χ0n) is 18.4. The van der Waals surface area contributed by atoms with Crippen LogP contribution in [0.15, 0.2) is 23.3 Å². The molecule has 0 aromatic heterocycles. The van der Waals surface area contributed by atoms with Crippen molar-refractivity contribution in [1.82, 2.24) is 0 Å². The number of esters is 2. The SMILES string of the molecule is CC(=O)OC1CCC2(C)C3CCC4(C)C(=C3CCC2(O)C1)CCC4C1C=CC(=O)O1. The van der Waals surface area contributed by atoms with Gasteiger partial charge in [-0.15, -0.1) is 0 Å². The fraction of sp³-hybridized carbons (Fsp3) is 0.760. The summed E-state index contributed by atoms with van der Waals surface area (Å²) >= 11 is 0. The van der Waals surface area contributed by atoms with Gasteiger partial charge in [0.2, 0.25) is 0 Å². The van der Waals surface area contributed by atoms with E-state index in [1.165, 1.54) is 6.92 Å². The molecule has 1 heterocycles. The van der Waals surface area contributed by atoms with Gasteiger partial charge in [0.25, 0.3) is 0 Å². The van der Waals surface area contributed by atoms with Crippen molar-refractivity contribution in [3.05, 3.63) is 23.3 Å². The van der Waals surface area contributed by atoms with Crippen molar-refractivity contribution in [3.8, 4) is 0 Å². The molecule has 0 aromatic carbocycles. The van der Waals surface area contributed by atoms with Gasteiger partial charge in [0.05, 0.1) is 5.60 Å². The molecule has 3 fully saturated rings. The number of carbonyl (C=O) groups is 2. The molecule has 5 aliphatic rings. The molecule has 0 radical (unpaired) electrons. The van der Waals surface area contributed by atoms with Gasteiger partial charge >= 0.3 is 11.9 Å². The van der Waals surface area contributed by atoms with Gasteiger partial charge < -0.3 is 14.6 Å². The molecule has 5 nitrogen and oxygen atoms in total. The molecule has 1 N–H and O–H groups in total. The highest BCUT2D eigenvalue weighted by Gasteiger charge is 2.61. The number of cyclic esters (lactones) is 1. The van der Waals surface area contributed by atoms with E-state index in [1.807, 2.05) is 6.08 Å². The van der Waals surface area contributed by atoms with Gasteiger partial charge in [-0.25, -0.2) is 4.79 Å². The number of carbonyl (C=O) groups excluding carboxylic acids is 2. The Bertz CT molecular complexity index is 842. The van der Waals surface area contributed by atoms with Gasteiger partial charge in [0, 0.05) is 30.8 Å². The van der Waals surface area contributed by atoms with E-state index in [1.54, 1.807) is 17.2 Å². The molecule has 0 saturated heterocycles. The van der Waals surface area contributed by atoms with E-state index in [2.05, 4.69) is 13.8 Å². The van der Waals surface area contributed by atoms with Crippen LogP contribution in [0, 0.1) is 22.7 Å². The van der Waals surface area contributed by atoms with Crippen molar-refractivity contribution in [1.29, 1.82) is 0 Å². The minimum atomic E-state index is -0.768. The summed E-state index contributed by atoms with van der Waals surface area (Å²) in [6.07, 6.45) is 11.6. The van der Waals surface area contributed by atoms with Crippen molar-refractivity contribution in [2.24, 2.45) is 22.7 Å². The largest absolute Gasteiger partial charge is 0.462 e. The van der Waals surface area contributed by atoms with Gasteiger partial charge in [0.1, 0.15) is 12.2 Å². The Labute approximate surface area is 178 Å². The van der Waals surface area contributed by atoms with E-state index in [0.29, 0.717) is 18.3 Å². The quantitative estimate of drug-likeness (QED) is 0.541. The maximum absolute atomic E-state index is 11.8. The number of fused-ring (bicyclic) bond motifs is 4. The van der Waals surface area contributed by atoms with Gasteiger partial charge in [-0.05, 0) is 68.8 Å². The van der Waals surface area contributed by atoms with Crippen LogP contribution in [0.3, 0.4) is 0 Å². The minimum Gasteiger partial charge on any atom is -0.462 e. The second-order valence-electron chi connectivity index (χ2n) is 10.8. The lowest BCUT2D eigenvalue weighted by molar-refractivity contribution is -0.188. The smallest absolute Gasteiger partial charge is 0.331 e. The third-order valence-corrected chi connectivity index (χ3v) is 9.57. The molecule has 7 unspecified atom stereocenters. The molecule has 0 bridgehead atoms. The Morgan fingerprint density at radius 3 is 2.67 bits per heavy atom. The van der Waals surface area contributed by atoms with Crippen LogP contribution in [0.2, 0.25) is 0 Å². The van der Waals surface area contributed by atoms with E-state index >= 15 is 0 Å². The molecule has 0 aromatic rings. The molecule has 4 aliphatic carbocycles. The van der Waals surface area contributed by atoms with E-state index in [0.717, 1.165) is 51.4 Å². The average molecular weight is 415 g/mol. The predicted molar refractivity (Wildman–Crippen MR) is 111 cm³/mol. The normalized spacial score (nSPS) is 47.4. The molecule has 3 saturated carbocycles. The summed E-state index contributed by atoms with van der Waals surface area (Å²) in [4.78, 5) is 23.1. The third-order valence-electron chi connectivity index (χ3n) is 9.57. The molecular formula is C25H34O5. The number of allylic oxidation sites excluding steroid dienone is 2. The Kier molecular flexibility index (Phi) is 4.52. The Balaban J connectivity index is 1.44. The highest BCUT2D eigenvalue weighted by molar-refractivity contribution is 5.84. The van der Waals surface area contributed by atoms with Gasteiger partial charge in [-0.3, -0.25) is 4.79 Å². The van der Waals surface area contributed by atoms with Crippen molar-refractivity contribution < 1.29 is 24.2 Å². The van der Waals surface area contributed by atoms with E-state index in [9.17, 15) is 14.7 Å². The zero-order chi connectivity index (χ0) is 21.3. The van der Waals surface area contributed by atoms with Crippen LogP contribution in [0.5, 0.6) is 0 Å². The summed E-state index contributed by atoms with van der Waals surface area (Å²) in [6.45, 7) is 6.11. The highest BCUT2D eigenvalue weighted by Crippen LogP contribution is 2.66. The van der Waals surface area contributed by atoms with Crippen molar-refractivity contribution in [2.45, 2.75) is 96.4 Å². The van der Waals surface area contributed by atoms with Crippen LogP contribution in [0.25, 0.3) is 0 Å². The summed E-state index contributed by atoms with van der Waals surface area (Å²) in [5.74, 6) is 0.297. The van der Waals surface area contributed by atoms with Crippen molar-refractivity contribution >= 4 is 11.9 Å². The molecule has 7 atom stereocenters.